The third-order valence-corrected chi connectivity index (χ3v) is 8.24. The molecule has 0 unspecified atom stereocenters. The third-order valence-electron chi connectivity index (χ3n) is 7.35. The van der Waals surface area contributed by atoms with E-state index >= 15 is 0 Å². The number of thiophene rings is 1. The van der Waals surface area contributed by atoms with Crippen LogP contribution in [-0.4, -0.2) is 73.8 Å². The molecule has 1 saturated heterocycles. The van der Waals surface area contributed by atoms with Gasteiger partial charge in [-0.1, -0.05) is 19.9 Å². The Morgan fingerprint density at radius 1 is 1.27 bits per heavy atom. The first-order valence-electron chi connectivity index (χ1n) is 12.8. The predicted molar refractivity (Wildman–Crippen MR) is 147 cm³/mol. The SMILES string of the molecule is CCN(CC)[C@@H](C)Cc1c(C(N)=O)cc(-c2cnn3ccc(-c4cccs4)nc23)nc1N1CC[C@H]1CO. The summed E-state index contributed by atoms with van der Waals surface area (Å²) in [5, 5.41) is 16.5. The van der Waals surface area contributed by atoms with Crippen LogP contribution in [0.15, 0.2) is 42.0 Å². The number of hydrogen-bond donors (Lipinski definition) is 2. The lowest BCUT2D eigenvalue weighted by Gasteiger charge is -2.42. The summed E-state index contributed by atoms with van der Waals surface area (Å²) >= 11 is 1.63. The molecular weight excluding hydrogens is 486 g/mol. The summed E-state index contributed by atoms with van der Waals surface area (Å²) in [5.74, 6) is 0.223. The van der Waals surface area contributed by atoms with Crippen LogP contribution in [0, 0.1) is 0 Å². The number of carbonyl (C=O) groups excluding carboxylic acids is 1. The number of anilines is 1. The van der Waals surface area contributed by atoms with Crippen LogP contribution in [0.3, 0.4) is 0 Å². The van der Waals surface area contributed by atoms with Crippen LogP contribution in [0.25, 0.3) is 27.5 Å². The minimum absolute atomic E-state index is 0.0292. The average Bonchev–Trinajstić information content (AvgIpc) is 3.55. The Kier molecular flexibility index (Phi) is 7.23. The molecule has 0 radical (unpaired) electrons. The molecule has 1 amide bonds. The van der Waals surface area contributed by atoms with Gasteiger partial charge in [0, 0.05) is 29.9 Å². The molecule has 5 rings (SSSR count). The number of nitrogens with zero attached hydrogens (tertiary/aromatic N) is 6. The fraction of sp³-hybridized carbons (Fsp3) is 0.407. The van der Waals surface area contributed by atoms with Crippen molar-refractivity contribution < 1.29 is 9.90 Å². The first-order chi connectivity index (χ1) is 17.9. The molecule has 5 heterocycles. The number of amides is 1. The van der Waals surface area contributed by atoms with Crippen LogP contribution in [-0.2, 0) is 6.42 Å². The Bertz CT molecular complexity index is 1400. The van der Waals surface area contributed by atoms with Gasteiger partial charge in [-0.2, -0.15) is 5.10 Å². The number of aliphatic hydroxyl groups is 1. The zero-order valence-corrected chi connectivity index (χ0v) is 22.3. The maximum Gasteiger partial charge on any atom is 0.249 e. The molecule has 1 fully saturated rings. The molecular formula is C27H33N7O2S. The lowest BCUT2D eigenvalue weighted by molar-refractivity contribution is 0.0999. The summed E-state index contributed by atoms with van der Waals surface area (Å²) in [7, 11) is 0. The number of aromatic nitrogens is 4. The van der Waals surface area contributed by atoms with Crippen molar-refractivity contribution in [2.45, 2.75) is 45.7 Å². The van der Waals surface area contributed by atoms with Gasteiger partial charge in [-0.15, -0.1) is 11.3 Å². The number of carbonyl (C=O) groups is 1. The maximum atomic E-state index is 12.8. The second-order valence-electron chi connectivity index (χ2n) is 9.43. The lowest BCUT2D eigenvalue weighted by atomic mass is 9.95. The summed E-state index contributed by atoms with van der Waals surface area (Å²) in [4.78, 5) is 28.3. The highest BCUT2D eigenvalue weighted by molar-refractivity contribution is 7.13. The molecule has 194 valence electrons. The van der Waals surface area contributed by atoms with Crippen LogP contribution in [0.4, 0.5) is 5.82 Å². The Hall–Kier alpha value is -3.34. The lowest BCUT2D eigenvalue weighted by Crippen LogP contribution is -2.51. The Morgan fingerprint density at radius 2 is 2.08 bits per heavy atom. The van der Waals surface area contributed by atoms with E-state index in [0.717, 1.165) is 47.8 Å². The molecule has 1 aliphatic rings. The summed E-state index contributed by atoms with van der Waals surface area (Å²) in [6, 6.07) is 7.91. The van der Waals surface area contributed by atoms with Gasteiger partial charge in [0.2, 0.25) is 5.91 Å². The zero-order chi connectivity index (χ0) is 26.1. The van der Waals surface area contributed by atoms with Crippen molar-refractivity contribution in [3.8, 4) is 21.8 Å². The molecule has 37 heavy (non-hydrogen) atoms. The second-order valence-corrected chi connectivity index (χ2v) is 10.4. The van der Waals surface area contributed by atoms with Crippen molar-refractivity contribution >= 4 is 28.7 Å². The first kappa shape index (κ1) is 25.3. The zero-order valence-electron chi connectivity index (χ0n) is 21.5. The van der Waals surface area contributed by atoms with Crippen LogP contribution in [0.5, 0.6) is 0 Å². The van der Waals surface area contributed by atoms with E-state index in [1.165, 1.54) is 0 Å². The van der Waals surface area contributed by atoms with Gasteiger partial charge in [-0.3, -0.25) is 4.79 Å². The normalized spacial score (nSPS) is 16.4. The number of fused-ring (bicyclic) bond motifs is 1. The number of aliphatic hydroxyl groups excluding tert-OH is 1. The largest absolute Gasteiger partial charge is 0.394 e. The summed E-state index contributed by atoms with van der Waals surface area (Å²) in [6.07, 6.45) is 5.12. The Labute approximate surface area is 220 Å². The smallest absolute Gasteiger partial charge is 0.249 e. The standard InChI is InChI=1S/C27H33N7O2S/c1-4-32(5-2)17(3)13-20-19(25(28)36)14-23(31-26(20)33-10-8-18(33)16-35)21-15-29-34-11-9-22(30-27(21)34)24-7-6-12-37-24/h6-7,9,11-12,14-15,17-18,35H,4-5,8,10,13,16H2,1-3H3,(H2,28,36)/t17-,18-/m0/s1. The van der Waals surface area contributed by atoms with Crippen LogP contribution in [0.1, 0.15) is 43.1 Å². The number of likely N-dealkylation sites (N-methyl/N-ethyl adjacent to an activating group) is 1. The molecule has 2 atom stereocenters. The first-order valence-corrected chi connectivity index (χ1v) is 13.7. The highest BCUT2D eigenvalue weighted by Crippen LogP contribution is 2.35. The van der Waals surface area contributed by atoms with E-state index in [1.807, 2.05) is 29.8 Å². The summed E-state index contributed by atoms with van der Waals surface area (Å²) in [5.41, 5.74) is 10.1. The van der Waals surface area contributed by atoms with E-state index in [4.69, 9.17) is 15.7 Å². The fourth-order valence-corrected chi connectivity index (χ4v) is 5.84. The molecule has 1 aliphatic heterocycles. The molecule has 3 N–H and O–H groups in total. The van der Waals surface area contributed by atoms with Gasteiger partial charge >= 0.3 is 0 Å². The molecule has 4 aromatic heterocycles. The predicted octanol–water partition coefficient (Wildman–Crippen LogP) is 3.46. The van der Waals surface area contributed by atoms with Crippen LogP contribution >= 0.6 is 11.3 Å². The molecule has 9 nitrogen and oxygen atoms in total. The van der Waals surface area contributed by atoms with Gasteiger partial charge in [0.25, 0.3) is 0 Å². The number of nitrogens with two attached hydrogens (primary N) is 1. The number of pyridine rings is 1. The Morgan fingerprint density at radius 3 is 2.70 bits per heavy atom. The molecule has 10 heteroatoms. The fourth-order valence-electron chi connectivity index (χ4n) is 5.15. The molecule has 0 bridgehead atoms. The van der Waals surface area contributed by atoms with Crippen LogP contribution < -0.4 is 10.6 Å². The summed E-state index contributed by atoms with van der Waals surface area (Å²) in [6.45, 7) is 9.06. The quantitative estimate of drug-likeness (QED) is 0.330. The molecule has 0 spiro atoms. The molecule has 4 aromatic rings. The van der Waals surface area contributed by atoms with E-state index in [9.17, 15) is 9.90 Å². The second kappa shape index (κ2) is 10.6. The van der Waals surface area contributed by atoms with E-state index < -0.39 is 5.91 Å². The molecule has 0 aliphatic carbocycles. The minimum atomic E-state index is -0.489. The topological polar surface area (TPSA) is 113 Å². The Balaban J connectivity index is 1.66. The highest BCUT2D eigenvalue weighted by Gasteiger charge is 2.33. The summed E-state index contributed by atoms with van der Waals surface area (Å²) < 4.78 is 1.72. The number of primary amides is 1. The van der Waals surface area contributed by atoms with E-state index in [0.29, 0.717) is 29.1 Å². The van der Waals surface area contributed by atoms with E-state index in [1.54, 1.807) is 28.1 Å². The van der Waals surface area contributed by atoms with Gasteiger partial charge in [0.05, 0.1) is 40.7 Å². The average molecular weight is 520 g/mol. The van der Waals surface area contributed by atoms with Crippen molar-refractivity contribution in [1.82, 2.24) is 24.5 Å². The molecule has 0 saturated carbocycles. The van der Waals surface area contributed by atoms with Gasteiger partial charge in [0.15, 0.2) is 5.65 Å². The van der Waals surface area contributed by atoms with Crippen molar-refractivity contribution in [3.05, 3.63) is 53.2 Å². The van der Waals surface area contributed by atoms with Crippen molar-refractivity contribution in [1.29, 1.82) is 0 Å². The monoisotopic (exact) mass is 519 g/mol. The highest BCUT2D eigenvalue weighted by atomic mass is 32.1. The third kappa shape index (κ3) is 4.72. The van der Waals surface area contributed by atoms with E-state index in [2.05, 4.69) is 35.7 Å². The van der Waals surface area contributed by atoms with Gasteiger partial charge in [-0.05, 0) is 56.4 Å². The van der Waals surface area contributed by atoms with Gasteiger partial charge in [-0.25, -0.2) is 14.5 Å². The maximum absolute atomic E-state index is 12.8. The number of rotatable bonds is 10. The van der Waals surface area contributed by atoms with Crippen molar-refractivity contribution in [2.75, 3.05) is 31.1 Å². The minimum Gasteiger partial charge on any atom is -0.394 e. The van der Waals surface area contributed by atoms with Crippen molar-refractivity contribution in [3.63, 3.8) is 0 Å². The van der Waals surface area contributed by atoms with Gasteiger partial charge in [0.1, 0.15) is 5.82 Å². The number of hydrogen-bond acceptors (Lipinski definition) is 8. The van der Waals surface area contributed by atoms with Crippen LogP contribution in [0.2, 0.25) is 0 Å². The molecule has 0 aromatic carbocycles. The van der Waals surface area contributed by atoms with E-state index in [-0.39, 0.29) is 18.7 Å². The van der Waals surface area contributed by atoms with Gasteiger partial charge < -0.3 is 20.6 Å². The van der Waals surface area contributed by atoms with Crippen molar-refractivity contribution in [2.24, 2.45) is 5.73 Å².